The number of pyridine rings is 1. The Morgan fingerprint density at radius 1 is 1.71 bits per heavy atom. The van der Waals surface area contributed by atoms with Gasteiger partial charge in [-0.3, -0.25) is 10.1 Å². The smallest absolute Gasteiger partial charge is 0.274 e. The van der Waals surface area contributed by atoms with Crippen molar-refractivity contribution in [3.8, 4) is 0 Å². The molecule has 0 spiro atoms. The van der Waals surface area contributed by atoms with E-state index in [-0.39, 0.29) is 17.7 Å². The van der Waals surface area contributed by atoms with Crippen LogP contribution in [0.2, 0.25) is 0 Å². The van der Waals surface area contributed by atoms with Crippen LogP contribution >= 0.6 is 0 Å². The first-order chi connectivity index (χ1) is 8.08. The van der Waals surface area contributed by atoms with E-state index in [0.717, 1.165) is 13.0 Å². The van der Waals surface area contributed by atoms with Gasteiger partial charge < -0.3 is 10.0 Å². The fourth-order valence-electron chi connectivity index (χ4n) is 2.08. The Kier molecular flexibility index (Phi) is 3.23. The molecule has 0 aliphatic carbocycles. The lowest BCUT2D eigenvalue weighted by molar-refractivity contribution is -0.384. The second-order valence-electron chi connectivity index (χ2n) is 4.36. The minimum absolute atomic E-state index is 0.0514. The lowest BCUT2D eigenvalue weighted by Crippen LogP contribution is -2.24. The molecule has 6 heteroatoms. The molecule has 0 bridgehead atoms. The van der Waals surface area contributed by atoms with Gasteiger partial charge in [0.25, 0.3) is 5.69 Å². The molecule has 2 atom stereocenters. The topological polar surface area (TPSA) is 79.5 Å². The molecule has 0 amide bonds. The van der Waals surface area contributed by atoms with Crippen molar-refractivity contribution in [3.05, 3.63) is 28.4 Å². The molecule has 2 unspecified atom stereocenters. The number of hydrogen-bond acceptors (Lipinski definition) is 5. The predicted octanol–water partition coefficient (Wildman–Crippen LogP) is 1.20. The summed E-state index contributed by atoms with van der Waals surface area (Å²) in [6.45, 7) is 3.25. The summed E-state index contributed by atoms with van der Waals surface area (Å²) in [7, 11) is 0. The number of aliphatic hydroxyl groups is 1. The van der Waals surface area contributed by atoms with Crippen molar-refractivity contribution in [3.63, 3.8) is 0 Å². The lowest BCUT2D eigenvalue weighted by atomic mass is 10.0. The zero-order valence-corrected chi connectivity index (χ0v) is 9.61. The Hall–Kier alpha value is -1.69. The van der Waals surface area contributed by atoms with E-state index < -0.39 is 4.92 Å². The minimum atomic E-state index is -0.423. The summed E-state index contributed by atoms with van der Waals surface area (Å²) in [6, 6.07) is 2.86. The number of aliphatic hydroxyl groups excluding tert-OH is 1. The molecule has 1 aliphatic rings. The van der Waals surface area contributed by atoms with E-state index in [0.29, 0.717) is 12.4 Å². The second-order valence-corrected chi connectivity index (χ2v) is 4.36. The zero-order chi connectivity index (χ0) is 12.4. The first kappa shape index (κ1) is 11.8. The monoisotopic (exact) mass is 237 g/mol. The minimum Gasteiger partial charge on any atom is -0.393 e. The second kappa shape index (κ2) is 4.67. The van der Waals surface area contributed by atoms with Crippen LogP contribution in [0.3, 0.4) is 0 Å². The Labute approximate surface area is 99.0 Å². The fourth-order valence-corrected chi connectivity index (χ4v) is 2.08. The zero-order valence-electron chi connectivity index (χ0n) is 9.61. The predicted molar refractivity (Wildman–Crippen MR) is 62.9 cm³/mol. The lowest BCUT2D eigenvalue weighted by Gasteiger charge is -2.18. The number of hydrogen-bond donors (Lipinski definition) is 1. The molecule has 0 aromatic carbocycles. The molecule has 1 aromatic heterocycles. The highest BCUT2D eigenvalue weighted by molar-refractivity contribution is 5.47. The van der Waals surface area contributed by atoms with Crippen molar-refractivity contribution in [2.75, 3.05) is 18.0 Å². The van der Waals surface area contributed by atoms with Crippen molar-refractivity contribution in [2.24, 2.45) is 5.92 Å². The third-order valence-corrected chi connectivity index (χ3v) is 3.17. The molecule has 17 heavy (non-hydrogen) atoms. The highest BCUT2D eigenvalue weighted by Gasteiger charge is 2.27. The average Bonchev–Trinajstić information content (AvgIpc) is 2.78. The van der Waals surface area contributed by atoms with E-state index in [1.807, 2.05) is 4.90 Å². The van der Waals surface area contributed by atoms with Gasteiger partial charge in [0, 0.05) is 31.3 Å². The maximum Gasteiger partial charge on any atom is 0.274 e. The summed E-state index contributed by atoms with van der Waals surface area (Å²) in [5, 5.41) is 20.2. The van der Waals surface area contributed by atoms with Crippen molar-refractivity contribution in [1.29, 1.82) is 0 Å². The van der Waals surface area contributed by atoms with E-state index in [1.54, 1.807) is 6.92 Å². The van der Waals surface area contributed by atoms with Gasteiger partial charge in [0.15, 0.2) is 0 Å². The quantitative estimate of drug-likeness (QED) is 0.631. The summed E-state index contributed by atoms with van der Waals surface area (Å²) < 4.78 is 0. The molecule has 6 nitrogen and oxygen atoms in total. The highest BCUT2D eigenvalue weighted by Crippen LogP contribution is 2.26. The van der Waals surface area contributed by atoms with Crippen molar-refractivity contribution >= 4 is 11.5 Å². The van der Waals surface area contributed by atoms with Crippen LogP contribution in [-0.4, -0.2) is 34.2 Å². The average molecular weight is 237 g/mol. The Morgan fingerprint density at radius 2 is 2.47 bits per heavy atom. The molecule has 1 fully saturated rings. The number of nitro groups is 1. The highest BCUT2D eigenvalue weighted by atomic mass is 16.6. The molecule has 2 rings (SSSR count). The Bertz CT molecular complexity index is 422. The largest absolute Gasteiger partial charge is 0.393 e. The van der Waals surface area contributed by atoms with Crippen LogP contribution < -0.4 is 4.90 Å². The van der Waals surface area contributed by atoms with E-state index in [4.69, 9.17) is 0 Å². The molecular formula is C11H15N3O3. The third-order valence-electron chi connectivity index (χ3n) is 3.17. The maximum atomic E-state index is 10.7. The van der Waals surface area contributed by atoms with Crippen molar-refractivity contribution < 1.29 is 10.0 Å². The molecule has 1 aromatic rings. The first-order valence-electron chi connectivity index (χ1n) is 5.61. The van der Waals surface area contributed by atoms with E-state index >= 15 is 0 Å². The summed E-state index contributed by atoms with van der Waals surface area (Å²) >= 11 is 0. The van der Waals surface area contributed by atoms with Gasteiger partial charge in [-0.1, -0.05) is 0 Å². The Balaban J connectivity index is 2.13. The SMILES string of the molecule is CC(O)C1CCN(c2cc([N+](=O)[O-])ccn2)C1. The van der Waals surface area contributed by atoms with Crippen molar-refractivity contribution in [2.45, 2.75) is 19.4 Å². The standard InChI is InChI=1S/C11H15N3O3/c1-8(15)9-3-5-13(7-9)11-6-10(14(16)17)2-4-12-11/h2,4,6,8-9,15H,3,5,7H2,1H3. The van der Waals surface area contributed by atoms with Gasteiger partial charge in [-0.2, -0.15) is 0 Å². The van der Waals surface area contributed by atoms with Gasteiger partial charge >= 0.3 is 0 Å². The first-order valence-corrected chi connectivity index (χ1v) is 5.61. The van der Waals surface area contributed by atoms with Gasteiger partial charge in [-0.25, -0.2) is 4.98 Å². The summed E-state index contributed by atoms with van der Waals surface area (Å²) in [5.74, 6) is 0.832. The number of nitrogens with zero attached hydrogens (tertiary/aromatic N) is 3. The van der Waals surface area contributed by atoms with Crippen LogP contribution in [-0.2, 0) is 0 Å². The van der Waals surface area contributed by atoms with Crippen LogP contribution in [0.25, 0.3) is 0 Å². The number of rotatable bonds is 3. The molecule has 0 saturated carbocycles. The van der Waals surface area contributed by atoms with Gasteiger partial charge in [0.05, 0.1) is 17.1 Å². The normalized spacial score (nSPS) is 21.5. The molecule has 2 heterocycles. The number of aromatic nitrogens is 1. The summed E-state index contributed by atoms with van der Waals surface area (Å²) in [4.78, 5) is 16.4. The summed E-state index contributed by atoms with van der Waals surface area (Å²) in [5.41, 5.74) is 0.0514. The maximum absolute atomic E-state index is 10.7. The molecule has 1 saturated heterocycles. The number of anilines is 1. The molecule has 1 N–H and O–H groups in total. The van der Waals surface area contributed by atoms with Crippen LogP contribution in [0.5, 0.6) is 0 Å². The van der Waals surface area contributed by atoms with Crippen LogP contribution in [0.1, 0.15) is 13.3 Å². The van der Waals surface area contributed by atoms with E-state index in [9.17, 15) is 15.2 Å². The van der Waals surface area contributed by atoms with E-state index in [2.05, 4.69) is 4.98 Å². The van der Waals surface area contributed by atoms with Gasteiger partial charge in [-0.15, -0.1) is 0 Å². The summed E-state index contributed by atoms with van der Waals surface area (Å²) in [6.07, 6.45) is 1.99. The van der Waals surface area contributed by atoms with Gasteiger partial charge in [0.1, 0.15) is 5.82 Å². The fraction of sp³-hybridized carbons (Fsp3) is 0.545. The van der Waals surface area contributed by atoms with Crippen LogP contribution in [0.15, 0.2) is 18.3 Å². The molecule has 0 radical (unpaired) electrons. The van der Waals surface area contributed by atoms with E-state index in [1.165, 1.54) is 18.3 Å². The van der Waals surface area contributed by atoms with Gasteiger partial charge in [0.2, 0.25) is 0 Å². The van der Waals surface area contributed by atoms with Gasteiger partial charge in [-0.05, 0) is 13.3 Å². The Morgan fingerprint density at radius 3 is 3.06 bits per heavy atom. The third kappa shape index (κ3) is 2.52. The molecule has 1 aliphatic heterocycles. The molecule has 92 valence electrons. The van der Waals surface area contributed by atoms with Crippen LogP contribution in [0, 0.1) is 16.0 Å². The van der Waals surface area contributed by atoms with Crippen LogP contribution in [0.4, 0.5) is 11.5 Å². The van der Waals surface area contributed by atoms with Crippen molar-refractivity contribution in [1.82, 2.24) is 4.98 Å². The molecular weight excluding hydrogens is 222 g/mol.